The maximum absolute atomic E-state index is 12.7. The predicted molar refractivity (Wildman–Crippen MR) is 91.5 cm³/mol. The number of carbonyl (C=O) groups is 2. The molecule has 4 rings (SSSR count). The van der Waals surface area contributed by atoms with Crippen molar-refractivity contribution in [3.63, 3.8) is 0 Å². The number of hydrogen-bond donors (Lipinski definition) is 1. The van der Waals surface area contributed by atoms with Crippen LogP contribution in [0.2, 0.25) is 5.02 Å². The molecule has 1 N–H and O–H groups in total. The van der Waals surface area contributed by atoms with E-state index in [0.717, 1.165) is 6.07 Å². The van der Waals surface area contributed by atoms with E-state index in [4.69, 9.17) is 21.1 Å². The Bertz CT molecular complexity index is 805. The Balaban J connectivity index is 1.21. The molecule has 0 aromatic heterocycles. The number of amides is 2. The molecule has 0 bridgehead atoms. The van der Waals surface area contributed by atoms with E-state index in [9.17, 15) is 22.8 Å². The Hall–Kier alpha value is -2.00. The van der Waals surface area contributed by atoms with E-state index >= 15 is 0 Å². The molecular formula is C18H18ClF3N2O4. The summed E-state index contributed by atoms with van der Waals surface area (Å²) in [5.74, 6) is -0.0964. The fourth-order valence-electron chi connectivity index (χ4n) is 3.84. The number of alkyl carbamates (subject to hydrolysis) is 1. The first-order valence-electron chi connectivity index (χ1n) is 8.86. The number of cyclic esters (lactones) is 1. The fraction of sp³-hybridized carbons (Fsp3) is 0.556. The van der Waals surface area contributed by atoms with Crippen molar-refractivity contribution in [2.75, 3.05) is 19.7 Å². The third-order valence-electron chi connectivity index (χ3n) is 5.45. The first-order chi connectivity index (χ1) is 13.2. The van der Waals surface area contributed by atoms with Gasteiger partial charge in [-0.05, 0) is 30.5 Å². The van der Waals surface area contributed by atoms with Crippen LogP contribution in [-0.4, -0.2) is 48.2 Å². The lowest BCUT2D eigenvalue weighted by Gasteiger charge is -2.47. The van der Waals surface area contributed by atoms with Gasteiger partial charge in [0.05, 0.1) is 28.8 Å². The molecule has 1 aromatic rings. The molecule has 1 aromatic carbocycles. The van der Waals surface area contributed by atoms with Crippen LogP contribution < -0.4 is 5.32 Å². The number of halogens is 4. The monoisotopic (exact) mass is 418 g/mol. The molecule has 1 saturated carbocycles. The molecule has 1 aliphatic carbocycles. The molecule has 2 aliphatic heterocycles. The summed E-state index contributed by atoms with van der Waals surface area (Å²) in [4.78, 5) is 25.3. The molecule has 3 fully saturated rings. The normalized spacial score (nSPS) is 27.2. The number of ether oxygens (including phenoxy) is 2. The van der Waals surface area contributed by atoms with Gasteiger partial charge >= 0.3 is 12.3 Å². The van der Waals surface area contributed by atoms with E-state index in [1.165, 1.54) is 12.1 Å². The molecule has 3 aliphatic rings. The molecule has 0 atom stereocenters. The van der Waals surface area contributed by atoms with E-state index in [1.54, 1.807) is 4.90 Å². The van der Waals surface area contributed by atoms with Crippen molar-refractivity contribution in [2.24, 2.45) is 5.92 Å². The number of carbonyl (C=O) groups excluding carboxylic acids is 2. The highest BCUT2D eigenvalue weighted by Gasteiger charge is 2.54. The zero-order valence-electron chi connectivity index (χ0n) is 14.7. The number of nitrogens with one attached hydrogen (secondary N) is 1. The van der Waals surface area contributed by atoms with E-state index in [2.05, 4.69) is 5.32 Å². The number of nitrogens with zero attached hydrogens (tertiary/aromatic N) is 1. The SMILES string of the molecule is O=C1N[C@]2(CO1)C[C@@H](C(=O)N1CC(OCc3ccc(C(F)(F)F)c(Cl)c3)C1)C2. The first kappa shape index (κ1) is 19.3. The average molecular weight is 419 g/mol. The van der Waals surface area contributed by atoms with Gasteiger partial charge in [-0.25, -0.2) is 4.79 Å². The number of hydrogen-bond acceptors (Lipinski definition) is 4. The first-order valence-corrected chi connectivity index (χ1v) is 9.24. The number of benzene rings is 1. The molecule has 2 saturated heterocycles. The van der Waals surface area contributed by atoms with E-state index < -0.39 is 17.8 Å². The van der Waals surface area contributed by atoms with Crippen molar-refractivity contribution in [2.45, 2.75) is 37.3 Å². The van der Waals surface area contributed by atoms with Crippen LogP contribution in [0.3, 0.4) is 0 Å². The van der Waals surface area contributed by atoms with Crippen molar-refractivity contribution in [3.05, 3.63) is 34.3 Å². The zero-order chi connectivity index (χ0) is 20.1. The van der Waals surface area contributed by atoms with Crippen LogP contribution in [-0.2, 0) is 27.1 Å². The van der Waals surface area contributed by atoms with Gasteiger partial charge in [0.15, 0.2) is 0 Å². The lowest BCUT2D eigenvalue weighted by Crippen LogP contribution is -2.62. The largest absolute Gasteiger partial charge is 0.447 e. The molecule has 0 radical (unpaired) electrons. The minimum atomic E-state index is -4.49. The Morgan fingerprint density at radius 2 is 2.07 bits per heavy atom. The van der Waals surface area contributed by atoms with Crippen LogP contribution in [0.15, 0.2) is 18.2 Å². The zero-order valence-corrected chi connectivity index (χ0v) is 15.5. The summed E-state index contributed by atoms with van der Waals surface area (Å²) >= 11 is 5.70. The van der Waals surface area contributed by atoms with Gasteiger partial charge in [-0.1, -0.05) is 17.7 Å². The molecule has 152 valence electrons. The van der Waals surface area contributed by atoms with Crippen molar-refractivity contribution in [1.82, 2.24) is 10.2 Å². The summed E-state index contributed by atoms with van der Waals surface area (Å²) in [5.41, 5.74) is -0.721. The second kappa shape index (κ2) is 6.81. The minimum absolute atomic E-state index is 0.0317. The van der Waals surface area contributed by atoms with Crippen molar-refractivity contribution in [3.8, 4) is 0 Å². The van der Waals surface area contributed by atoms with Crippen molar-refractivity contribution in [1.29, 1.82) is 0 Å². The average Bonchev–Trinajstić information content (AvgIpc) is 2.93. The minimum Gasteiger partial charge on any atom is -0.447 e. The topological polar surface area (TPSA) is 67.9 Å². The highest BCUT2D eigenvalue weighted by molar-refractivity contribution is 6.31. The summed E-state index contributed by atoms with van der Waals surface area (Å²) in [5, 5.41) is 2.39. The maximum atomic E-state index is 12.7. The molecule has 6 nitrogen and oxygen atoms in total. The maximum Gasteiger partial charge on any atom is 0.417 e. The highest BCUT2D eigenvalue weighted by atomic mass is 35.5. The Kier molecular flexibility index (Phi) is 4.70. The van der Waals surface area contributed by atoms with Crippen LogP contribution in [0, 0.1) is 5.92 Å². The van der Waals surface area contributed by atoms with E-state index in [1.807, 2.05) is 0 Å². The lowest BCUT2D eigenvalue weighted by molar-refractivity contribution is -0.155. The second-order valence-corrected chi connectivity index (χ2v) is 7.98. The van der Waals surface area contributed by atoms with Crippen LogP contribution in [0.5, 0.6) is 0 Å². The number of likely N-dealkylation sites (tertiary alicyclic amines) is 1. The predicted octanol–water partition coefficient (Wildman–Crippen LogP) is 2.97. The summed E-state index contributed by atoms with van der Waals surface area (Å²) < 4.78 is 48.7. The summed E-state index contributed by atoms with van der Waals surface area (Å²) in [6.45, 7) is 1.32. The smallest absolute Gasteiger partial charge is 0.417 e. The molecular weight excluding hydrogens is 401 g/mol. The third kappa shape index (κ3) is 3.65. The number of alkyl halides is 3. The van der Waals surface area contributed by atoms with Gasteiger partial charge in [0.1, 0.15) is 6.61 Å². The van der Waals surface area contributed by atoms with Gasteiger partial charge < -0.3 is 19.7 Å². The van der Waals surface area contributed by atoms with Gasteiger partial charge in [-0.15, -0.1) is 0 Å². The molecule has 2 amide bonds. The van der Waals surface area contributed by atoms with Crippen LogP contribution in [0.25, 0.3) is 0 Å². The van der Waals surface area contributed by atoms with Gasteiger partial charge in [0.2, 0.25) is 5.91 Å². The lowest BCUT2D eigenvalue weighted by atomic mass is 9.68. The molecule has 1 spiro atoms. The molecule has 10 heteroatoms. The van der Waals surface area contributed by atoms with E-state index in [0.29, 0.717) is 38.1 Å². The summed E-state index contributed by atoms with van der Waals surface area (Å²) in [6.07, 6.45) is -3.94. The highest BCUT2D eigenvalue weighted by Crippen LogP contribution is 2.42. The number of rotatable bonds is 4. The standard InChI is InChI=1S/C18H18ClF3N2O4/c19-14-3-10(1-2-13(14)18(20,21)22)8-27-12-6-24(7-12)15(25)11-4-17(5-11)9-28-16(26)23-17/h1-3,11-12H,4-9H2,(H,23,26)/t11-,17-. The molecule has 28 heavy (non-hydrogen) atoms. The quantitative estimate of drug-likeness (QED) is 0.816. The van der Waals surface area contributed by atoms with Crippen LogP contribution in [0.1, 0.15) is 24.0 Å². The van der Waals surface area contributed by atoms with Gasteiger partial charge in [0, 0.05) is 19.0 Å². The van der Waals surface area contributed by atoms with E-state index in [-0.39, 0.29) is 35.1 Å². The molecule has 0 unspecified atom stereocenters. The van der Waals surface area contributed by atoms with Crippen molar-refractivity contribution < 1.29 is 32.2 Å². The Labute approximate surface area is 163 Å². The Morgan fingerprint density at radius 1 is 1.36 bits per heavy atom. The summed E-state index contributed by atoms with van der Waals surface area (Å²) in [7, 11) is 0. The van der Waals surface area contributed by atoms with Gasteiger partial charge in [-0.2, -0.15) is 13.2 Å². The van der Waals surface area contributed by atoms with Crippen LogP contribution in [0.4, 0.5) is 18.0 Å². The third-order valence-corrected chi connectivity index (χ3v) is 5.77. The van der Waals surface area contributed by atoms with Crippen molar-refractivity contribution >= 4 is 23.6 Å². The van der Waals surface area contributed by atoms with Gasteiger partial charge in [-0.3, -0.25) is 4.79 Å². The second-order valence-electron chi connectivity index (χ2n) is 7.57. The Morgan fingerprint density at radius 3 is 2.64 bits per heavy atom. The summed E-state index contributed by atoms with van der Waals surface area (Å²) in [6, 6.07) is 3.52. The fourth-order valence-corrected chi connectivity index (χ4v) is 4.15. The molecule has 2 heterocycles. The van der Waals surface area contributed by atoms with Crippen LogP contribution >= 0.6 is 11.6 Å². The van der Waals surface area contributed by atoms with Gasteiger partial charge in [0.25, 0.3) is 0 Å².